The van der Waals surface area contributed by atoms with E-state index >= 15 is 0 Å². The Labute approximate surface area is 154 Å². The van der Waals surface area contributed by atoms with Crippen molar-refractivity contribution in [3.63, 3.8) is 0 Å². The zero-order chi connectivity index (χ0) is 17.8. The maximum atomic E-state index is 12.0. The first-order valence-electron chi connectivity index (χ1n) is 6.82. The predicted molar refractivity (Wildman–Crippen MR) is 97.3 cm³/mol. The number of carbonyl (C=O) groups is 3. The van der Waals surface area contributed by atoms with Crippen molar-refractivity contribution < 1.29 is 19.5 Å². The van der Waals surface area contributed by atoms with Gasteiger partial charge in [0, 0.05) is 6.54 Å². The summed E-state index contributed by atoms with van der Waals surface area (Å²) in [7, 11) is 0. The van der Waals surface area contributed by atoms with Crippen molar-refractivity contribution in [2.75, 3.05) is 13.1 Å². The van der Waals surface area contributed by atoms with Crippen LogP contribution in [0, 0.1) is 0 Å². The lowest BCUT2D eigenvalue weighted by Crippen LogP contribution is -2.51. The number of nitrogens with one attached hydrogen (secondary N) is 4. The highest BCUT2D eigenvalue weighted by Crippen LogP contribution is 2.01. The number of unbranched alkanes of at least 4 members (excludes halogenated alkanes) is 1. The molecule has 0 aromatic heterocycles. The topological polar surface area (TPSA) is 146 Å². The molecule has 0 aliphatic rings. The van der Waals surface area contributed by atoms with Crippen molar-refractivity contribution in [3.8, 4) is 0 Å². The Balaban J connectivity index is 4.37. The molecule has 0 saturated carbocycles. The third kappa shape index (κ3) is 9.63. The summed E-state index contributed by atoms with van der Waals surface area (Å²) in [5.74, 6) is -1.54. The number of allylic oxidation sites excluding steroid dienone is 1. The molecule has 132 valence electrons. The summed E-state index contributed by atoms with van der Waals surface area (Å²) in [6.07, 6.45) is 1.69. The number of primary amides is 1. The summed E-state index contributed by atoms with van der Waals surface area (Å²) in [4.78, 5) is 34.3. The average Bonchev–Trinajstić information content (AvgIpc) is 2.47. The van der Waals surface area contributed by atoms with Gasteiger partial charge in [0.1, 0.15) is 11.7 Å². The van der Waals surface area contributed by atoms with Crippen LogP contribution >= 0.6 is 35.7 Å². The molecule has 11 heteroatoms. The molecule has 0 aliphatic carbocycles. The molecule has 0 rings (SSSR count). The first kappa shape index (κ1) is 21.9. The van der Waals surface area contributed by atoms with Gasteiger partial charge in [0.2, 0.25) is 11.8 Å². The van der Waals surface area contributed by atoms with Crippen LogP contribution in [0.4, 0.5) is 0 Å². The molecular weight excluding hydrogens is 437 g/mol. The summed E-state index contributed by atoms with van der Waals surface area (Å²) in [5.41, 5.74) is 5.35. The van der Waals surface area contributed by atoms with E-state index in [4.69, 9.17) is 5.73 Å². The molecule has 0 spiro atoms. The molecule has 2 atom stereocenters. The van der Waals surface area contributed by atoms with Crippen molar-refractivity contribution in [2.24, 2.45) is 5.73 Å². The van der Waals surface area contributed by atoms with Gasteiger partial charge in [0.25, 0.3) is 5.91 Å². The van der Waals surface area contributed by atoms with Crippen LogP contribution in [0.2, 0.25) is 0 Å². The highest BCUT2D eigenvalue weighted by Gasteiger charge is 2.24. The van der Waals surface area contributed by atoms with E-state index in [-0.39, 0.29) is 18.1 Å². The predicted octanol–water partition coefficient (Wildman–Crippen LogP) is -1.51. The fourth-order valence-corrected chi connectivity index (χ4v) is 2.14. The van der Waals surface area contributed by atoms with Gasteiger partial charge in [0.15, 0.2) is 0 Å². The fourth-order valence-electron chi connectivity index (χ4n) is 1.53. The van der Waals surface area contributed by atoms with Gasteiger partial charge in [-0.05, 0) is 19.8 Å². The zero-order valence-corrected chi connectivity index (χ0v) is 15.7. The Kier molecular flexibility index (Phi) is 11.8. The second-order valence-corrected chi connectivity index (χ2v) is 5.49. The van der Waals surface area contributed by atoms with Crippen molar-refractivity contribution in [1.82, 2.24) is 18.9 Å². The molecule has 0 heterocycles. The van der Waals surface area contributed by atoms with Crippen LogP contribution in [0.5, 0.6) is 0 Å². The molecule has 0 bridgehead atoms. The Hall–Kier alpha value is -1.05. The number of thiol groups is 1. The average molecular weight is 459 g/mol. The van der Waals surface area contributed by atoms with Gasteiger partial charge in [-0.15, -0.1) is 0 Å². The molecule has 0 fully saturated rings. The van der Waals surface area contributed by atoms with E-state index in [0.717, 1.165) is 0 Å². The van der Waals surface area contributed by atoms with E-state index in [1.165, 1.54) is 6.92 Å². The maximum absolute atomic E-state index is 12.0. The van der Waals surface area contributed by atoms with Crippen molar-refractivity contribution in [3.05, 3.63) is 11.8 Å². The van der Waals surface area contributed by atoms with Gasteiger partial charge in [-0.3, -0.25) is 19.1 Å². The summed E-state index contributed by atoms with van der Waals surface area (Å²) < 4.78 is 5.12. The molecule has 0 unspecified atom stereocenters. The standard InChI is InChI=1S/C12H22IN5O4S/c1-7(19)10(11(14)21)17-12(22)8(18-13)4-2-3-5-15-9(20)6-16-23/h4,7,10,16,18-19,23H,2-3,5-6H2,1H3,(H2,14,21)(H,15,20)(H,17,22)/b8-4+/t7-,10+/m1/s1. The molecule has 0 saturated heterocycles. The molecule has 0 aromatic rings. The lowest BCUT2D eigenvalue weighted by molar-refractivity contribution is -0.127. The van der Waals surface area contributed by atoms with Crippen LogP contribution in [-0.2, 0) is 14.4 Å². The number of aliphatic hydroxyl groups excluding tert-OH is 1. The van der Waals surface area contributed by atoms with Crippen LogP contribution in [0.1, 0.15) is 19.8 Å². The number of amides is 3. The second-order valence-electron chi connectivity index (χ2n) is 4.63. The molecule has 0 aromatic carbocycles. The summed E-state index contributed by atoms with van der Waals surface area (Å²) in [6.45, 7) is 1.94. The number of carbonyl (C=O) groups excluding carboxylic acids is 3. The van der Waals surface area contributed by atoms with E-state index in [1.54, 1.807) is 28.9 Å². The maximum Gasteiger partial charge on any atom is 0.268 e. The number of halogens is 1. The number of rotatable bonds is 11. The molecule has 0 radical (unpaired) electrons. The van der Waals surface area contributed by atoms with Crippen LogP contribution in [0.15, 0.2) is 11.8 Å². The third-order valence-corrected chi connectivity index (χ3v) is 3.45. The van der Waals surface area contributed by atoms with Crippen LogP contribution in [0.25, 0.3) is 0 Å². The quantitative estimate of drug-likeness (QED) is 0.0658. The molecule has 0 aliphatic heterocycles. The summed E-state index contributed by atoms with van der Waals surface area (Å²) in [5, 5.41) is 14.4. The van der Waals surface area contributed by atoms with Crippen LogP contribution in [-0.4, -0.2) is 48.1 Å². The van der Waals surface area contributed by atoms with Gasteiger partial charge in [-0.25, -0.2) is 0 Å². The van der Waals surface area contributed by atoms with Gasteiger partial charge in [-0.2, -0.15) is 0 Å². The monoisotopic (exact) mass is 459 g/mol. The van der Waals surface area contributed by atoms with Crippen LogP contribution < -0.4 is 24.6 Å². The Morgan fingerprint density at radius 1 is 1.39 bits per heavy atom. The smallest absolute Gasteiger partial charge is 0.268 e. The molecule has 3 amide bonds. The first-order valence-corrected chi connectivity index (χ1v) is 8.34. The Morgan fingerprint density at radius 2 is 2.04 bits per heavy atom. The largest absolute Gasteiger partial charge is 0.391 e. The molecular formula is C12H22IN5O4S. The zero-order valence-electron chi connectivity index (χ0n) is 12.6. The SMILES string of the molecule is C[C@@H](O)[C@H](NC(=O)/C(=C\CCCNC(=O)CNS)NI)C(N)=O. The van der Waals surface area contributed by atoms with E-state index in [1.807, 2.05) is 0 Å². The van der Waals surface area contributed by atoms with Crippen molar-refractivity contribution in [2.45, 2.75) is 31.9 Å². The van der Waals surface area contributed by atoms with Crippen molar-refractivity contribution in [1.29, 1.82) is 0 Å². The molecule has 9 nitrogen and oxygen atoms in total. The minimum atomic E-state index is -1.16. The minimum Gasteiger partial charge on any atom is -0.391 e. The first-order chi connectivity index (χ1) is 10.8. The summed E-state index contributed by atoms with van der Waals surface area (Å²) in [6, 6.07) is -1.16. The number of hydrogen-bond donors (Lipinski definition) is 7. The fraction of sp³-hybridized carbons (Fsp3) is 0.583. The normalized spacial score (nSPS) is 13.8. The lowest BCUT2D eigenvalue weighted by atomic mass is 10.1. The van der Waals surface area contributed by atoms with Gasteiger partial charge < -0.3 is 25.0 Å². The molecule has 7 N–H and O–H groups in total. The Bertz CT molecular complexity index is 447. The highest BCUT2D eigenvalue weighted by atomic mass is 127. The van der Waals surface area contributed by atoms with Gasteiger partial charge in [0.05, 0.1) is 35.5 Å². The van der Waals surface area contributed by atoms with E-state index in [9.17, 15) is 19.5 Å². The van der Waals surface area contributed by atoms with E-state index in [0.29, 0.717) is 19.4 Å². The third-order valence-electron chi connectivity index (χ3n) is 2.71. The van der Waals surface area contributed by atoms with Crippen molar-refractivity contribution >= 4 is 53.4 Å². The van der Waals surface area contributed by atoms with E-state index < -0.39 is 24.0 Å². The number of nitrogens with two attached hydrogens (primary N) is 1. The lowest BCUT2D eigenvalue weighted by Gasteiger charge is -2.18. The number of hydrogen-bond acceptors (Lipinski definition) is 7. The van der Waals surface area contributed by atoms with Gasteiger partial charge >= 0.3 is 0 Å². The molecule has 23 heavy (non-hydrogen) atoms. The number of aliphatic hydroxyl groups is 1. The second kappa shape index (κ2) is 12.4. The summed E-state index contributed by atoms with van der Waals surface area (Å²) >= 11 is 5.50. The Morgan fingerprint density at radius 3 is 2.52 bits per heavy atom. The highest BCUT2D eigenvalue weighted by molar-refractivity contribution is 14.1. The van der Waals surface area contributed by atoms with E-state index in [2.05, 4.69) is 31.7 Å². The van der Waals surface area contributed by atoms with Gasteiger partial charge in [-0.1, -0.05) is 18.9 Å². The minimum absolute atomic E-state index is 0.121. The van der Waals surface area contributed by atoms with Crippen LogP contribution in [0.3, 0.4) is 0 Å².